The topological polar surface area (TPSA) is 40.5 Å². The van der Waals surface area contributed by atoms with Crippen LogP contribution in [0.2, 0.25) is 0 Å². The van der Waals surface area contributed by atoms with E-state index in [9.17, 15) is 9.79 Å². The average molecular weight is 201 g/mol. The van der Waals surface area contributed by atoms with Gasteiger partial charge in [0.05, 0.1) is 0 Å². The summed E-state index contributed by atoms with van der Waals surface area (Å²) >= 11 is 0. The molecule has 0 spiro atoms. The molecule has 0 bridgehead atoms. The molecule has 3 heteroatoms. The quantitative estimate of drug-likeness (QED) is 0.674. The lowest BCUT2D eigenvalue weighted by molar-refractivity contribution is 0.438. The Morgan fingerprint density at radius 3 is 2.38 bits per heavy atom. The molecule has 2 rings (SSSR count). The summed E-state index contributed by atoms with van der Waals surface area (Å²) in [5.74, 6) is 0. The van der Waals surface area contributed by atoms with Crippen molar-refractivity contribution in [2.45, 2.75) is 50.6 Å². The van der Waals surface area contributed by atoms with E-state index < -0.39 is 7.72 Å². The van der Waals surface area contributed by atoms with Crippen LogP contribution >= 0.6 is 7.72 Å². The van der Waals surface area contributed by atoms with E-state index in [4.69, 9.17) is 0 Å². The average Bonchev–Trinajstić information content (AvgIpc) is 2.78. The lowest BCUT2D eigenvalue weighted by Gasteiger charge is -2.19. The summed E-state index contributed by atoms with van der Waals surface area (Å²) in [5.41, 5.74) is 0.205. The van der Waals surface area contributed by atoms with E-state index >= 15 is 0 Å². The molecule has 0 saturated heterocycles. The summed E-state index contributed by atoms with van der Waals surface area (Å²) < 4.78 is 0. The van der Waals surface area contributed by atoms with Gasteiger partial charge >= 0.3 is 0 Å². The molecule has 0 aromatic rings. The SMILES string of the molecule is O[P+](O)(C1=CCCC1)C1CCCC1. The van der Waals surface area contributed by atoms with E-state index in [1.54, 1.807) is 0 Å². The predicted molar refractivity (Wildman–Crippen MR) is 55.5 cm³/mol. The summed E-state index contributed by atoms with van der Waals surface area (Å²) in [6.07, 6.45) is 9.57. The fourth-order valence-electron chi connectivity index (χ4n) is 2.45. The predicted octanol–water partition coefficient (Wildman–Crippen LogP) is 2.83. The van der Waals surface area contributed by atoms with Crippen molar-refractivity contribution < 1.29 is 9.79 Å². The molecule has 1 fully saturated rings. The lowest BCUT2D eigenvalue weighted by Crippen LogP contribution is -2.09. The van der Waals surface area contributed by atoms with E-state index in [0.29, 0.717) is 0 Å². The van der Waals surface area contributed by atoms with E-state index in [2.05, 4.69) is 6.08 Å². The lowest BCUT2D eigenvalue weighted by atomic mass is 10.4. The molecule has 0 atom stereocenters. The highest BCUT2D eigenvalue weighted by molar-refractivity contribution is 7.69. The van der Waals surface area contributed by atoms with Gasteiger partial charge in [0.15, 0.2) is 0 Å². The van der Waals surface area contributed by atoms with Gasteiger partial charge in [0.1, 0.15) is 11.0 Å². The van der Waals surface area contributed by atoms with Gasteiger partial charge in [-0.2, -0.15) is 0 Å². The smallest absolute Gasteiger partial charge is 0.215 e. The van der Waals surface area contributed by atoms with Crippen LogP contribution < -0.4 is 0 Å². The molecule has 0 aromatic carbocycles. The largest absolute Gasteiger partial charge is 0.298 e. The summed E-state index contributed by atoms with van der Waals surface area (Å²) in [7, 11) is -2.68. The van der Waals surface area contributed by atoms with Crippen molar-refractivity contribution in [1.82, 2.24) is 0 Å². The van der Waals surface area contributed by atoms with Crippen molar-refractivity contribution in [1.29, 1.82) is 0 Å². The number of hydrogen-bond donors (Lipinski definition) is 2. The normalized spacial score (nSPS) is 25.2. The van der Waals surface area contributed by atoms with Crippen LogP contribution in [-0.2, 0) is 0 Å². The maximum atomic E-state index is 10.1. The van der Waals surface area contributed by atoms with Gasteiger partial charge in [0.25, 0.3) is 7.72 Å². The zero-order chi connectivity index (χ0) is 9.31. The maximum absolute atomic E-state index is 10.1. The van der Waals surface area contributed by atoms with Gasteiger partial charge in [0, 0.05) is 6.42 Å². The molecule has 0 amide bonds. The van der Waals surface area contributed by atoms with Crippen LogP contribution in [0.5, 0.6) is 0 Å². The van der Waals surface area contributed by atoms with Crippen LogP contribution in [0.25, 0.3) is 0 Å². The first-order valence-corrected chi connectivity index (χ1v) is 7.01. The monoisotopic (exact) mass is 201 g/mol. The third-order valence-corrected chi connectivity index (χ3v) is 6.06. The molecule has 0 radical (unpaired) electrons. The van der Waals surface area contributed by atoms with Gasteiger partial charge < -0.3 is 0 Å². The molecule has 13 heavy (non-hydrogen) atoms. The number of hydrogen-bond acceptors (Lipinski definition) is 2. The second-order valence-corrected chi connectivity index (χ2v) is 6.78. The fourth-order valence-corrected chi connectivity index (χ4v) is 4.89. The van der Waals surface area contributed by atoms with Crippen LogP contribution in [0, 0.1) is 0 Å². The van der Waals surface area contributed by atoms with Crippen molar-refractivity contribution in [2.75, 3.05) is 0 Å². The maximum Gasteiger partial charge on any atom is 0.298 e. The Labute approximate surface area is 80.2 Å². The molecule has 0 aliphatic heterocycles. The second kappa shape index (κ2) is 3.68. The molecule has 74 valence electrons. The third-order valence-electron chi connectivity index (χ3n) is 3.27. The van der Waals surface area contributed by atoms with Crippen LogP contribution in [-0.4, -0.2) is 15.4 Å². The van der Waals surface area contributed by atoms with Gasteiger partial charge in [-0.05, 0) is 44.6 Å². The van der Waals surface area contributed by atoms with Crippen LogP contribution in [0.4, 0.5) is 0 Å². The fraction of sp³-hybridized carbons (Fsp3) is 0.800. The highest BCUT2D eigenvalue weighted by Gasteiger charge is 2.49. The van der Waals surface area contributed by atoms with Gasteiger partial charge in [-0.1, -0.05) is 0 Å². The molecule has 0 heterocycles. The molecule has 2 nitrogen and oxygen atoms in total. The van der Waals surface area contributed by atoms with Gasteiger partial charge in [-0.25, -0.2) is 9.79 Å². The van der Waals surface area contributed by atoms with Gasteiger partial charge in [-0.3, -0.25) is 0 Å². The Balaban J connectivity index is 2.08. The Bertz CT molecular complexity index is 217. The molecule has 1 saturated carbocycles. The summed E-state index contributed by atoms with van der Waals surface area (Å²) in [6, 6.07) is 0. The number of allylic oxidation sites excluding steroid dienone is 2. The molecule has 0 aromatic heterocycles. The Morgan fingerprint density at radius 1 is 1.15 bits per heavy atom. The molecule has 0 unspecified atom stereocenters. The summed E-state index contributed by atoms with van der Waals surface area (Å²) in [4.78, 5) is 20.2. The highest BCUT2D eigenvalue weighted by Crippen LogP contribution is 2.68. The minimum atomic E-state index is -2.68. The first kappa shape index (κ1) is 9.64. The Morgan fingerprint density at radius 2 is 1.85 bits per heavy atom. The van der Waals surface area contributed by atoms with Gasteiger partial charge in [0.2, 0.25) is 0 Å². The molecular formula is C10H18O2P+. The van der Waals surface area contributed by atoms with E-state index in [1.165, 1.54) is 12.8 Å². The first-order chi connectivity index (χ1) is 6.21. The minimum Gasteiger partial charge on any atom is -0.215 e. The Hall–Kier alpha value is 0.0900. The standard InChI is InChI=1S/C10H18O2P/c11-13(12,9-5-1-2-6-9)10-7-3-4-8-10/h5,10-12H,1-4,6-8H2/q+1. The van der Waals surface area contributed by atoms with E-state index in [1.807, 2.05) is 0 Å². The number of rotatable bonds is 2. The third kappa shape index (κ3) is 1.81. The van der Waals surface area contributed by atoms with Gasteiger partial charge in [-0.15, -0.1) is 0 Å². The van der Waals surface area contributed by atoms with Crippen molar-refractivity contribution in [3.63, 3.8) is 0 Å². The summed E-state index contributed by atoms with van der Waals surface area (Å²) in [5, 5.41) is 0.986. The van der Waals surface area contributed by atoms with E-state index in [0.717, 1.165) is 37.4 Å². The molecule has 2 aliphatic rings. The van der Waals surface area contributed by atoms with Crippen LogP contribution in [0.15, 0.2) is 11.4 Å². The minimum absolute atomic E-state index is 0.205. The zero-order valence-electron chi connectivity index (χ0n) is 7.95. The highest BCUT2D eigenvalue weighted by atomic mass is 31.2. The van der Waals surface area contributed by atoms with Crippen molar-refractivity contribution in [3.8, 4) is 0 Å². The van der Waals surface area contributed by atoms with Crippen molar-refractivity contribution in [2.24, 2.45) is 0 Å². The van der Waals surface area contributed by atoms with Crippen molar-refractivity contribution in [3.05, 3.63) is 11.4 Å². The zero-order valence-corrected chi connectivity index (χ0v) is 8.84. The van der Waals surface area contributed by atoms with E-state index in [-0.39, 0.29) is 5.66 Å². The molecule has 2 aliphatic carbocycles. The van der Waals surface area contributed by atoms with Crippen LogP contribution in [0.3, 0.4) is 0 Å². The molecule has 2 N–H and O–H groups in total. The van der Waals surface area contributed by atoms with Crippen molar-refractivity contribution >= 4 is 7.72 Å². The Kier molecular flexibility index (Phi) is 2.73. The molecular weight excluding hydrogens is 183 g/mol. The second-order valence-electron chi connectivity index (χ2n) is 4.18. The van der Waals surface area contributed by atoms with Crippen LogP contribution in [0.1, 0.15) is 44.9 Å². The summed E-state index contributed by atoms with van der Waals surface area (Å²) in [6.45, 7) is 0. The first-order valence-electron chi connectivity index (χ1n) is 5.25.